The van der Waals surface area contributed by atoms with Crippen molar-refractivity contribution in [2.24, 2.45) is 0 Å². The Kier molecular flexibility index (Phi) is 1.74. The summed E-state index contributed by atoms with van der Waals surface area (Å²) in [6.45, 7) is 0. The second-order valence-corrected chi connectivity index (χ2v) is 3.48. The van der Waals surface area contributed by atoms with Crippen LogP contribution in [0.5, 0.6) is 0 Å². The summed E-state index contributed by atoms with van der Waals surface area (Å²) >= 11 is 0.716. The SMILES string of the molecule is N#Cc1cccc2sc(F)c(F)c12. The maximum Gasteiger partial charge on any atom is 0.213 e. The van der Waals surface area contributed by atoms with E-state index < -0.39 is 10.9 Å². The summed E-state index contributed by atoms with van der Waals surface area (Å²) in [4.78, 5) is 0. The van der Waals surface area contributed by atoms with Crippen molar-refractivity contribution in [2.45, 2.75) is 0 Å². The summed E-state index contributed by atoms with van der Waals surface area (Å²) in [7, 11) is 0. The van der Waals surface area contributed by atoms with E-state index in [2.05, 4.69) is 0 Å². The van der Waals surface area contributed by atoms with E-state index in [-0.39, 0.29) is 10.9 Å². The minimum absolute atomic E-state index is 0.0903. The Bertz CT molecular complexity index is 510. The number of halogens is 2. The van der Waals surface area contributed by atoms with Gasteiger partial charge in [0, 0.05) is 10.1 Å². The van der Waals surface area contributed by atoms with Crippen molar-refractivity contribution in [3.63, 3.8) is 0 Å². The minimum atomic E-state index is -0.919. The fourth-order valence-electron chi connectivity index (χ4n) is 1.18. The second-order valence-electron chi connectivity index (χ2n) is 2.48. The second kappa shape index (κ2) is 2.79. The number of nitrogens with zero attached hydrogens (tertiary/aromatic N) is 1. The number of rotatable bonds is 0. The fraction of sp³-hybridized carbons (Fsp3) is 0. The van der Waals surface area contributed by atoms with E-state index in [1.807, 2.05) is 6.07 Å². The van der Waals surface area contributed by atoms with Crippen molar-refractivity contribution in [2.75, 3.05) is 0 Å². The molecule has 1 aromatic heterocycles. The average molecular weight is 195 g/mol. The molecule has 0 amide bonds. The zero-order chi connectivity index (χ0) is 9.42. The molecule has 64 valence electrons. The zero-order valence-corrected chi connectivity index (χ0v) is 7.16. The molecular weight excluding hydrogens is 192 g/mol. The van der Waals surface area contributed by atoms with Crippen LogP contribution < -0.4 is 0 Å². The molecule has 2 rings (SSSR count). The molecule has 0 radical (unpaired) electrons. The molecule has 1 aromatic carbocycles. The maximum atomic E-state index is 13.1. The van der Waals surface area contributed by atoms with E-state index in [0.717, 1.165) is 0 Å². The molecule has 0 aliphatic carbocycles. The molecule has 2 aromatic rings. The van der Waals surface area contributed by atoms with Crippen molar-refractivity contribution in [3.8, 4) is 6.07 Å². The highest BCUT2D eigenvalue weighted by atomic mass is 32.1. The molecule has 1 nitrogen and oxygen atoms in total. The number of fused-ring (bicyclic) bond motifs is 1. The molecule has 0 saturated heterocycles. The summed E-state index contributed by atoms with van der Waals surface area (Å²) in [5, 5.41) is 7.86. The first kappa shape index (κ1) is 8.14. The molecule has 0 aliphatic heterocycles. The molecule has 0 aliphatic rings. The van der Waals surface area contributed by atoms with E-state index in [0.29, 0.717) is 16.0 Å². The lowest BCUT2D eigenvalue weighted by molar-refractivity contribution is 0.538. The Morgan fingerprint density at radius 3 is 2.77 bits per heavy atom. The zero-order valence-electron chi connectivity index (χ0n) is 6.34. The first-order valence-electron chi connectivity index (χ1n) is 3.50. The standard InChI is InChI=1S/C9H3F2NS/c10-8-7-5(4-12)2-1-3-6(7)13-9(8)11/h1-3H. The molecule has 13 heavy (non-hydrogen) atoms. The summed E-state index contributed by atoms with van der Waals surface area (Å²) in [6.07, 6.45) is 0. The molecule has 1 heterocycles. The van der Waals surface area contributed by atoms with Crippen LogP contribution in [0.2, 0.25) is 0 Å². The van der Waals surface area contributed by atoms with Gasteiger partial charge in [-0.25, -0.2) is 4.39 Å². The molecule has 0 bridgehead atoms. The third-order valence-electron chi connectivity index (χ3n) is 1.74. The van der Waals surface area contributed by atoms with Gasteiger partial charge in [-0.2, -0.15) is 9.65 Å². The van der Waals surface area contributed by atoms with Crippen LogP contribution in [0.4, 0.5) is 8.78 Å². The van der Waals surface area contributed by atoms with Gasteiger partial charge >= 0.3 is 0 Å². The Hall–Kier alpha value is -1.47. The van der Waals surface area contributed by atoms with Gasteiger partial charge < -0.3 is 0 Å². The van der Waals surface area contributed by atoms with Gasteiger partial charge in [0.2, 0.25) is 5.13 Å². The van der Waals surface area contributed by atoms with Crippen molar-refractivity contribution in [1.82, 2.24) is 0 Å². The van der Waals surface area contributed by atoms with Gasteiger partial charge in [0.25, 0.3) is 0 Å². The molecule has 0 unspecified atom stereocenters. The number of hydrogen-bond donors (Lipinski definition) is 0. The number of nitriles is 1. The van der Waals surface area contributed by atoms with E-state index in [4.69, 9.17) is 5.26 Å². The van der Waals surface area contributed by atoms with Crippen molar-refractivity contribution < 1.29 is 8.78 Å². The van der Waals surface area contributed by atoms with E-state index in [1.54, 1.807) is 12.1 Å². The summed E-state index contributed by atoms with van der Waals surface area (Å²) in [6, 6.07) is 6.49. The predicted octanol–water partition coefficient (Wildman–Crippen LogP) is 3.05. The summed E-state index contributed by atoms with van der Waals surface area (Å²) in [5.74, 6) is -0.919. The van der Waals surface area contributed by atoms with Gasteiger partial charge in [-0.1, -0.05) is 6.07 Å². The molecule has 0 saturated carbocycles. The fourth-order valence-corrected chi connectivity index (χ4v) is 2.01. The van der Waals surface area contributed by atoms with Gasteiger partial charge in [-0.3, -0.25) is 0 Å². The highest BCUT2D eigenvalue weighted by molar-refractivity contribution is 7.17. The Balaban J connectivity index is 2.97. The highest BCUT2D eigenvalue weighted by Gasteiger charge is 2.14. The van der Waals surface area contributed by atoms with Crippen LogP contribution in [0.25, 0.3) is 10.1 Å². The predicted molar refractivity (Wildman–Crippen MR) is 46.5 cm³/mol. The topological polar surface area (TPSA) is 23.8 Å². The third kappa shape index (κ3) is 1.09. The number of hydrogen-bond acceptors (Lipinski definition) is 2. The van der Waals surface area contributed by atoms with E-state index >= 15 is 0 Å². The van der Waals surface area contributed by atoms with Crippen LogP contribution in [0.1, 0.15) is 5.56 Å². The largest absolute Gasteiger partial charge is 0.213 e. The quantitative estimate of drug-likeness (QED) is 0.633. The van der Waals surface area contributed by atoms with Gasteiger partial charge in [0.15, 0.2) is 5.82 Å². The summed E-state index contributed by atoms with van der Waals surface area (Å²) in [5.41, 5.74) is 0.176. The highest BCUT2D eigenvalue weighted by Crippen LogP contribution is 2.30. The lowest BCUT2D eigenvalue weighted by atomic mass is 10.1. The molecule has 0 N–H and O–H groups in total. The molecular formula is C9H3F2NS. The Labute approximate surface area is 76.8 Å². The molecule has 4 heteroatoms. The lowest BCUT2D eigenvalue weighted by Crippen LogP contribution is -1.78. The maximum absolute atomic E-state index is 13.1. The molecule has 0 atom stereocenters. The van der Waals surface area contributed by atoms with Crippen LogP contribution in [0.15, 0.2) is 18.2 Å². The molecule has 0 fully saturated rings. The van der Waals surface area contributed by atoms with Crippen molar-refractivity contribution in [1.29, 1.82) is 5.26 Å². The van der Waals surface area contributed by atoms with E-state index in [9.17, 15) is 8.78 Å². The number of thiophene rings is 1. The van der Waals surface area contributed by atoms with Crippen LogP contribution in [-0.4, -0.2) is 0 Å². The monoisotopic (exact) mass is 195 g/mol. The van der Waals surface area contributed by atoms with Gasteiger partial charge in [0.1, 0.15) is 0 Å². The first-order valence-corrected chi connectivity index (χ1v) is 4.32. The van der Waals surface area contributed by atoms with Gasteiger partial charge in [-0.05, 0) is 12.1 Å². The van der Waals surface area contributed by atoms with Crippen LogP contribution in [0, 0.1) is 22.3 Å². The van der Waals surface area contributed by atoms with Crippen molar-refractivity contribution >= 4 is 21.4 Å². The van der Waals surface area contributed by atoms with E-state index in [1.165, 1.54) is 6.07 Å². The minimum Gasteiger partial charge on any atom is -0.202 e. The van der Waals surface area contributed by atoms with Crippen LogP contribution in [0.3, 0.4) is 0 Å². The van der Waals surface area contributed by atoms with Crippen molar-refractivity contribution in [3.05, 3.63) is 34.7 Å². The number of benzene rings is 1. The average Bonchev–Trinajstić information content (AvgIpc) is 2.43. The Morgan fingerprint density at radius 1 is 1.31 bits per heavy atom. The first-order chi connectivity index (χ1) is 6.24. The van der Waals surface area contributed by atoms with Crippen LogP contribution >= 0.6 is 11.3 Å². The smallest absolute Gasteiger partial charge is 0.202 e. The molecule has 0 spiro atoms. The lowest BCUT2D eigenvalue weighted by Gasteiger charge is -1.90. The third-order valence-corrected chi connectivity index (χ3v) is 2.66. The Morgan fingerprint density at radius 2 is 2.08 bits per heavy atom. The van der Waals surface area contributed by atoms with Crippen LogP contribution in [-0.2, 0) is 0 Å². The normalized spacial score (nSPS) is 10.2. The summed E-state index contributed by atoms with van der Waals surface area (Å²) < 4.78 is 26.3. The van der Waals surface area contributed by atoms with Gasteiger partial charge in [-0.15, -0.1) is 11.3 Å². The van der Waals surface area contributed by atoms with Gasteiger partial charge in [0.05, 0.1) is 11.6 Å².